The average molecular weight is 382 g/mol. The van der Waals surface area contributed by atoms with Crippen molar-refractivity contribution < 1.29 is 4.79 Å². The summed E-state index contributed by atoms with van der Waals surface area (Å²) in [7, 11) is 0. The maximum Gasteiger partial charge on any atom is 0.230 e. The molecule has 0 bridgehead atoms. The van der Waals surface area contributed by atoms with E-state index in [0.717, 1.165) is 24.2 Å². The quantitative estimate of drug-likeness (QED) is 0.660. The number of hydrogen-bond donors (Lipinski definition) is 1. The number of hydrogen-bond acceptors (Lipinski definition) is 2. The van der Waals surface area contributed by atoms with Crippen LogP contribution in [0.2, 0.25) is 5.02 Å². The Morgan fingerprint density at radius 1 is 1.07 bits per heavy atom. The van der Waals surface area contributed by atoms with Crippen molar-refractivity contribution in [2.75, 3.05) is 0 Å². The number of benzene rings is 2. The van der Waals surface area contributed by atoms with E-state index >= 15 is 0 Å². The Labute approximate surface area is 165 Å². The number of halogens is 1. The Bertz CT molecular complexity index is 903. The lowest BCUT2D eigenvalue weighted by Gasteiger charge is -2.25. The molecule has 0 saturated heterocycles. The van der Waals surface area contributed by atoms with E-state index in [9.17, 15) is 4.79 Å². The van der Waals surface area contributed by atoms with Crippen LogP contribution in [0.4, 0.5) is 0 Å². The first-order chi connectivity index (χ1) is 13.0. The Morgan fingerprint density at radius 3 is 2.52 bits per heavy atom. The van der Waals surface area contributed by atoms with Crippen LogP contribution >= 0.6 is 11.6 Å². The number of carbonyl (C=O) groups is 1. The lowest BCUT2D eigenvalue weighted by atomic mass is 9.83. The molecule has 140 valence electrons. The van der Waals surface area contributed by atoms with Gasteiger partial charge in [0.2, 0.25) is 5.91 Å². The summed E-state index contributed by atoms with van der Waals surface area (Å²) < 4.78 is 1.94. The zero-order valence-corrected chi connectivity index (χ0v) is 16.4. The summed E-state index contributed by atoms with van der Waals surface area (Å²) in [6.07, 6.45) is 2.67. The van der Waals surface area contributed by atoms with E-state index in [1.165, 1.54) is 5.56 Å². The molecule has 0 aliphatic heterocycles. The molecule has 0 saturated carbocycles. The van der Waals surface area contributed by atoms with Crippen LogP contribution < -0.4 is 5.32 Å². The molecule has 4 nitrogen and oxygen atoms in total. The number of nitrogens with zero attached hydrogens (tertiary/aromatic N) is 2. The molecule has 0 fully saturated rings. The lowest BCUT2D eigenvalue weighted by Crippen LogP contribution is -2.40. The van der Waals surface area contributed by atoms with Gasteiger partial charge < -0.3 is 5.32 Å². The van der Waals surface area contributed by atoms with Crippen molar-refractivity contribution >= 4 is 17.5 Å². The van der Waals surface area contributed by atoms with Gasteiger partial charge in [0.05, 0.1) is 17.7 Å². The van der Waals surface area contributed by atoms with Crippen LogP contribution in [0.3, 0.4) is 0 Å². The molecule has 1 aromatic heterocycles. The third-order valence-electron chi connectivity index (χ3n) is 4.80. The van der Waals surface area contributed by atoms with Gasteiger partial charge in [0, 0.05) is 17.8 Å². The number of nitrogens with one attached hydrogen (secondary N) is 1. The van der Waals surface area contributed by atoms with Crippen LogP contribution in [0.25, 0.3) is 0 Å². The topological polar surface area (TPSA) is 46.9 Å². The van der Waals surface area contributed by atoms with Crippen LogP contribution in [0.5, 0.6) is 0 Å². The van der Waals surface area contributed by atoms with Gasteiger partial charge in [-0.2, -0.15) is 5.10 Å². The zero-order chi connectivity index (χ0) is 19.3. The van der Waals surface area contributed by atoms with Gasteiger partial charge in [0.25, 0.3) is 0 Å². The molecule has 0 radical (unpaired) electrons. The normalized spacial score (nSPS) is 11.4. The molecule has 0 aliphatic rings. The number of aryl methyl sites for hydroxylation is 2. The monoisotopic (exact) mass is 381 g/mol. The van der Waals surface area contributed by atoms with Gasteiger partial charge in [-0.05, 0) is 43.5 Å². The van der Waals surface area contributed by atoms with Crippen molar-refractivity contribution in [3.05, 3.63) is 88.7 Å². The van der Waals surface area contributed by atoms with Crippen LogP contribution in [-0.2, 0) is 29.7 Å². The minimum Gasteiger partial charge on any atom is -0.350 e. The molecule has 5 heteroatoms. The molecule has 2 aromatic carbocycles. The van der Waals surface area contributed by atoms with Crippen LogP contribution in [-0.4, -0.2) is 15.7 Å². The van der Waals surface area contributed by atoms with Crippen LogP contribution in [0, 0.1) is 0 Å². The largest absolute Gasteiger partial charge is 0.350 e. The first-order valence-electron chi connectivity index (χ1n) is 9.06. The molecule has 3 aromatic rings. The molecule has 1 heterocycles. The Morgan fingerprint density at radius 2 is 1.78 bits per heavy atom. The van der Waals surface area contributed by atoms with E-state index in [4.69, 9.17) is 11.6 Å². The Kier molecular flexibility index (Phi) is 5.97. The molecule has 0 aliphatic carbocycles. The third kappa shape index (κ3) is 4.58. The fourth-order valence-electron chi connectivity index (χ4n) is 3.07. The molecule has 1 amide bonds. The van der Waals surface area contributed by atoms with E-state index in [0.29, 0.717) is 11.6 Å². The summed E-state index contributed by atoms with van der Waals surface area (Å²) in [5.41, 5.74) is 2.35. The van der Waals surface area contributed by atoms with Crippen molar-refractivity contribution in [1.29, 1.82) is 0 Å². The fourth-order valence-corrected chi connectivity index (χ4v) is 3.45. The van der Waals surface area contributed by atoms with E-state index in [-0.39, 0.29) is 5.91 Å². The second-order valence-electron chi connectivity index (χ2n) is 7.07. The highest BCUT2D eigenvalue weighted by Crippen LogP contribution is 2.29. The second kappa shape index (κ2) is 8.40. The van der Waals surface area contributed by atoms with Gasteiger partial charge in [-0.1, -0.05) is 60.1 Å². The minimum absolute atomic E-state index is 0.0635. The minimum atomic E-state index is -0.715. The van der Waals surface area contributed by atoms with E-state index < -0.39 is 5.41 Å². The van der Waals surface area contributed by atoms with Crippen molar-refractivity contribution in [2.45, 2.75) is 38.8 Å². The Hall–Kier alpha value is -2.59. The standard InChI is InChI=1S/C22H24ClN3O/c1-22(2,19-10-6-7-11-20(19)23)21(27)24-16-18-12-14-25-26(18)15-13-17-8-4-3-5-9-17/h3-12,14H,13,15-16H2,1-2H3,(H,24,27). The van der Waals surface area contributed by atoms with Gasteiger partial charge in [0.15, 0.2) is 0 Å². The van der Waals surface area contributed by atoms with Crippen LogP contribution in [0.1, 0.15) is 30.7 Å². The highest BCUT2D eigenvalue weighted by molar-refractivity contribution is 6.31. The summed E-state index contributed by atoms with van der Waals surface area (Å²) >= 11 is 6.28. The number of aromatic nitrogens is 2. The third-order valence-corrected chi connectivity index (χ3v) is 5.13. The average Bonchev–Trinajstić information content (AvgIpc) is 3.13. The van der Waals surface area contributed by atoms with Gasteiger partial charge in [-0.25, -0.2) is 0 Å². The van der Waals surface area contributed by atoms with E-state index in [1.54, 1.807) is 6.20 Å². The molecule has 27 heavy (non-hydrogen) atoms. The summed E-state index contributed by atoms with van der Waals surface area (Å²) in [5, 5.41) is 8.02. The maximum absolute atomic E-state index is 12.8. The Balaban J connectivity index is 1.63. The highest BCUT2D eigenvalue weighted by atomic mass is 35.5. The zero-order valence-electron chi connectivity index (χ0n) is 15.7. The van der Waals surface area contributed by atoms with Gasteiger partial charge in [-0.15, -0.1) is 0 Å². The first-order valence-corrected chi connectivity index (χ1v) is 9.44. The predicted octanol–water partition coefficient (Wildman–Crippen LogP) is 4.37. The lowest BCUT2D eigenvalue weighted by molar-refractivity contribution is -0.125. The molecule has 0 unspecified atom stereocenters. The van der Waals surface area contributed by atoms with Crippen molar-refractivity contribution in [1.82, 2.24) is 15.1 Å². The second-order valence-corrected chi connectivity index (χ2v) is 7.48. The number of carbonyl (C=O) groups excluding carboxylic acids is 1. The summed E-state index contributed by atoms with van der Waals surface area (Å²) in [4.78, 5) is 12.8. The molecular weight excluding hydrogens is 358 g/mol. The van der Waals surface area contributed by atoms with Crippen molar-refractivity contribution in [3.63, 3.8) is 0 Å². The van der Waals surface area contributed by atoms with Gasteiger partial charge in [0.1, 0.15) is 0 Å². The SMILES string of the molecule is CC(C)(C(=O)NCc1ccnn1CCc1ccccc1)c1ccccc1Cl. The van der Waals surface area contributed by atoms with Crippen molar-refractivity contribution in [2.24, 2.45) is 0 Å². The van der Waals surface area contributed by atoms with Crippen LogP contribution in [0.15, 0.2) is 66.9 Å². The molecular formula is C22H24ClN3O. The fraction of sp³-hybridized carbons (Fsp3) is 0.273. The summed E-state index contributed by atoms with van der Waals surface area (Å²) in [6, 6.07) is 19.7. The van der Waals surface area contributed by atoms with E-state index in [2.05, 4.69) is 22.5 Å². The summed E-state index contributed by atoms with van der Waals surface area (Å²) in [6.45, 7) is 4.98. The summed E-state index contributed by atoms with van der Waals surface area (Å²) in [5.74, 6) is -0.0635. The molecule has 3 rings (SSSR count). The number of amides is 1. The predicted molar refractivity (Wildman–Crippen MR) is 109 cm³/mol. The maximum atomic E-state index is 12.8. The smallest absolute Gasteiger partial charge is 0.230 e. The first kappa shape index (κ1) is 19.2. The van der Waals surface area contributed by atoms with Crippen molar-refractivity contribution in [3.8, 4) is 0 Å². The highest BCUT2D eigenvalue weighted by Gasteiger charge is 2.31. The van der Waals surface area contributed by atoms with Gasteiger partial charge >= 0.3 is 0 Å². The number of rotatable bonds is 7. The molecule has 1 N–H and O–H groups in total. The molecule has 0 spiro atoms. The van der Waals surface area contributed by atoms with E-state index in [1.807, 2.05) is 67.1 Å². The molecule has 0 atom stereocenters. The van der Waals surface area contributed by atoms with Gasteiger partial charge in [-0.3, -0.25) is 9.48 Å².